The van der Waals surface area contributed by atoms with Crippen molar-refractivity contribution in [3.05, 3.63) is 48.2 Å². The number of hydrogen-bond acceptors (Lipinski definition) is 6. The van der Waals surface area contributed by atoms with Crippen LogP contribution in [0.4, 0.5) is 5.82 Å². The van der Waals surface area contributed by atoms with Crippen LogP contribution in [0.2, 0.25) is 0 Å². The van der Waals surface area contributed by atoms with Crippen molar-refractivity contribution in [2.24, 2.45) is 0 Å². The Balaban J connectivity index is 1.60. The fraction of sp³-hybridized carbons (Fsp3) is 0.412. The molecule has 0 radical (unpaired) electrons. The number of hydrogen-bond donors (Lipinski definition) is 0. The van der Waals surface area contributed by atoms with E-state index in [1.165, 1.54) is 5.56 Å². The molecule has 1 aliphatic rings. The van der Waals surface area contributed by atoms with Crippen molar-refractivity contribution < 1.29 is 0 Å². The maximum Gasteiger partial charge on any atom is 0.183 e. The summed E-state index contributed by atoms with van der Waals surface area (Å²) in [6, 6.07) is 6.68. The highest BCUT2D eigenvalue weighted by atomic mass is 15.3. The molecular formula is C17H20N6. The fourth-order valence-corrected chi connectivity index (χ4v) is 2.98. The number of pyridine rings is 1. The highest BCUT2D eigenvalue weighted by Crippen LogP contribution is 2.19. The van der Waals surface area contributed by atoms with Gasteiger partial charge in [-0.25, -0.2) is 9.97 Å². The Kier molecular flexibility index (Phi) is 4.79. The van der Waals surface area contributed by atoms with E-state index < -0.39 is 0 Å². The van der Waals surface area contributed by atoms with Gasteiger partial charge >= 0.3 is 0 Å². The quantitative estimate of drug-likeness (QED) is 0.852. The minimum atomic E-state index is 0.407. The maximum absolute atomic E-state index is 9.18. The molecule has 118 valence electrons. The molecule has 6 nitrogen and oxygen atoms in total. The lowest BCUT2D eigenvalue weighted by atomic mass is 10.1. The van der Waals surface area contributed by atoms with E-state index in [-0.39, 0.29) is 0 Å². The van der Waals surface area contributed by atoms with Crippen LogP contribution < -0.4 is 4.90 Å². The summed E-state index contributed by atoms with van der Waals surface area (Å²) in [5, 5.41) is 9.18. The average Bonchev–Trinajstić information content (AvgIpc) is 2.61. The minimum Gasteiger partial charge on any atom is -0.351 e. The molecule has 1 fully saturated rings. The largest absolute Gasteiger partial charge is 0.351 e. The lowest BCUT2D eigenvalue weighted by Gasteiger charge is -2.40. The highest BCUT2D eigenvalue weighted by Gasteiger charge is 2.25. The molecule has 1 atom stereocenters. The second kappa shape index (κ2) is 7.16. The summed E-state index contributed by atoms with van der Waals surface area (Å²) in [5.41, 5.74) is 1.72. The van der Waals surface area contributed by atoms with E-state index in [0.29, 0.717) is 17.6 Å². The van der Waals surface area contributed by atoms with Gasteiger partial charge < -0.3 is 4.90 Å². The average molecular weight is 308 g/mol. The van der Waals surface area contributed by atoms with Crippen molar-refractivity contribution in [1.29, 1.82) is 5.26 Å². The molecule has 3 heterocycles. The number of piperazine rings is 1. The van der Waals surface area contributed by atoms with Crippen molar-refractivity contribution >= 4 is 5.82 Å². The molecule has 0 bridgehead atoms. The molecule has 0 N–H and O–H groups in total. The third-order valence-corrected chi connectivity index (χ3v) is 4.29. The van der Waals surface area contributed by atoms with Gasteiger partial charge in [-0.3, -0.25) is 9.88 Å². The molecule has 0 amide bonds. The molecule has 0 aliphatic carbocycles. The van der Waals surface area contributed by atoms with E-state index >= 15 is 0 Å². The van der Waals surface area contributed by atoms with Crippen LogP contribution in [0.15, 0.2) is 36.9 Å². The van der Waals surface area contributed by atoms with Gasteiger partial charge in [0.15, 0.2) is 11.5 Å². The van der Waals surface area contributed by atoms with Crippen LogP contribution in [0.5, 0.6) is 0 Å². The molecule has 0 saturated carbocycles. The van der Waals surface area contributed by atoms with E-state index in [2.05, 4.69) is 49.9 Å². The van der Waals surface area contributed by atoms with Crippen LogP contribution >= 0.6 is 0 Å². The van der Waals surface area contributed by atoms with Crippen molar-refractivity contribution in [1.82, 2.24) is 19.9 Å². The van der Waals surface area contributed by atoms with Crippen LogP contribution in [-0.4, -0.2) is 52.1 Å². The summed E-state index contributed by atoms with van der Waals surface area (Å²) < 4.78 is 0. The Morgan fingerprint density at radius 1 is 1.17 bits per heavy atom. The molecule has 23 heavy (non-hydrogen) atoms. The smallest absolute Gasteiger partial charge is 0.183 e. The number of anilines is 1. The number of rotatable bonds is 4. The van der Waals surface area contributed by atoms with Gasteiger partial charge in [0.25, 0.3) is 0 Å². The maximum atomic E-state index is 9.18. The first-order valence-corrected chi connectivity index (χ1v) is 7.87. The first-order valence-electron chi connectivity index (χ1n) is 7.87. The van der Waals surface area contributed by atoms with Crippen molar-refractivity contribution in [3.8, 4) is 6.07 Å². The number of nitriles is 1. The zero-order chi connectivity index (χ0) is 16.1. The fourth-order valence-electron chi connectivity index (χ4n) is 2.98. The SMILES string of the molecule is C[C@@H]1CN(c2nccnc2C#N)CCN1CCc1ccncc1. The van der Waals surface area contributed by atoms with Gasteiger partial charge in [0.05, 0.1) is 0 Å². The summed E-state index contributed by atoms with van der Waals surface area (Å²) in [6.45, 7) is 5.96. The van der Waals surface area contributed by atoms with Crippen LogP contribution in [0.25, 0.3) is 0 Å². The Morgan fingerprint density at radius 2 is 1.96 bits per heavy atom. The van der Waals surface area contributed by atoms with E-state index in [1.54, 1.807) is 12.4 Å². The molecule has 2 aromatic rings. The zero-order valence-electron chi connectivity index (χ0n) is 13.3. The predicted octanol–water partition coefficient (Wildman–Crippen LogP) is 1.50. The minimum absolute atomic E-state index is 0.407. The van der Waals surface area contributed by atoms with Gasteiger partial charge in [0.2, 0.25) is 0 Å². The number of nitrogens with zero attached hydrogens (tertiary/aromatic N) is 6. The van der Waals surface area contributed by atoms with Gasteiger partial charge in [-0.15, -0.1) is 0 Å². The first-order chi connectivity index (χ1) is 11.3. The monoisotopic (exact) mass is 308 g/mol. The zero-order valence-corrected chi connectivity index (χ0v) is 13.3. The molecular weight excluding hydrogens is 288 g/mol. The Bertz CT molecular complexity index is 681. The van der Waals surface area contributed by atoms with Gasteiger partial charge in [-0.1, -0.05) is 0 Å². The second-order valence-electron chi connectivity index (χ2n) is 5.78. The van der Waals surface area contributed by atoms with Gasteiger partial charge in [0.1, 0.15) is 6.07 Å². The Labute approximate surface area is 136 Å². The van der Waals surface area contributed by atoms with E-state index in [4.69, 9.17) is 0 Å². The summed E-state index contributed by atoms with van der Waals surface area (Å²) >= 11 is 0. The predicted molar refractivity (Wildman–Crippen MR) is 87.9 cm³/mol. The van der Waals surface area contributed by atoms with E-state index in [1.807, 2.05) is 12.4 Å². The first kappa shape index (κ1) is 15.4. The van der Waals surface area contributed by atoms with Crippen molar-refractivity contribution in [2.45, 2.75) is 19.4 Å². The standard InChI is InChI=1S/C17H20N6/c1-14-13-23(17-16(12-18)20-7-8-21-17)11-10-22(14)9-4-15-2-5-19-6-3-15/h2-3,5-8,14H,4,9-11,13H2,1H3/t14-/m1/s1. The Morgan fingerprint density at radius 3 is 2.70 bits per heavy atom. The molecule has 0 spiro atoms. The molecule has 0 aromatic carbocycles. The third-order valence-electron chi connectivity index (χ3n) is 4.29. The Hall–Kier alpha value is -2.52. The van der Waals surface area contributed by atoms with E-state index in [9.17, 15) is 5.26 Å². The topological polar surface area (TPSA) is 68.9 Å². The molecule has 2 aromatic heterocycles. The summed E-state index contributed by atoms with van der Waals surface area (Å²) in [6.07, 6.45) is 7.93. The summed E-state index contributed by atoms with van der Waals surface area (Å²) in [7, 11) is 0. The van der Waals surface area contributed by atoms with Gasteiger partial charge in [-0.05, 0) is 31.0 Å². The molecule has 1 aliphatic heterocycles. The van der Waals surface area contributed by atoms with E-state index in [0.717, 1.165) is 32.6 Å². The van der Waals surface area contributed by atoms with Crippen LogP contribution in [0.3, 0.4) is 0 Å². The number of aromatic nitrogens is 3. The normalized spacial score (nSPS) is 18.6. The summed E-state index contributed by atoms with van der Waals surface area (Å²) in [4.78, 5) is 17.2. The van der Waals surface area contributed by atoms with Gasteiger partial charge in [0, 0.05) is 57.0 Å². The van der Waals surface area contributed by atoms with Crippen molar-refractivity contribution in [3.63, 3.8) is 0 Å². The van der Waals surface area contributed by atoms with Crippen LogP contribution in [0.1, 0.15) is 18.2 Å². The third kappa shape index (κ3) is 3.63. The lowest BCUT2D eigenvalue weighted by molar-refractivity contribution is 0.191. The van der Waals surface area contributed by atoms with Crippen LogP contribution in [-0.2, 0) is 6.42 Å². The summed E-state index contributed by atoms with van der Waals surface area (Å²) in [5.74, 6) is 0.704. The second-order valence-corrected chi connectivity index (χ2v) is 5.78. The molecule has 6 heteroatoms. The van der Waals surface area contributed by atoms with Crippen molar-refractivity contribution in [2.75, 3.05) is 31.1 Å². The molecule has 3 rings (SSSR count). The molecule has 1 saturated heterocycles. The lowest BCUT2D eigenvalue weighted by Crippen LogP contribution is -2.52. The molecule has 0 unspecified atom stereocenters. The highest BCUT2D eigenvalue weighted by molar-refractivity contribution is 5.49. The van der Waals surface area contributed by atoms with Crippen LogP contribution in [0, 0.1) is 11.3 Å². The van der Waals surface area contributed by atoms with Gasteiger partial charge in [-0.2, -0.15) is 5.26 Å².